The van der Waals surface area contributed by atoms with Crippen LogP contribution in [0.1, 0.15) is 40.2 Å². The monoisotopic (exact) mass is 342 g/mol. The van der Waals surface area contributed by atoms with Crippen molar-refractivity contribution in [3.63, 3.8) is 0 Å². The smallest absolute Gasteiger partial charge is 0.0606 e. The summed E-state index contributed by atoms with van der Waals surface area (Å²) < 4.78 is 1.11. The fourth-order valence-corrected chi connectivity index (χ4v) is 2.52. The molecule has 0 aliphatic rings. The molecular formula is C16H27BrN2O. The van der Waals surface area contributed by atoms with E-state index in [2.05, 4.69) is 79.0 Å². The standard InChI is InChI=1S/C16H27BrN2O/c1-12(2)19(8-9-20)14-7-6-13(15(17)10-14)11-18-16(3,4)5/h6-7,10,12,18,20H,8-9,11H2,1-5H3. The summed E-state index contributed by atoms with van der Waals surface area (Å²) in [6, 6.07) is 6.77. The first-order chi connectivity index (χ1) is 9.24. The van der Waals surface area contributed by atoms with Crippen molar-refractivity contribution in [2.45, 2.75) is 52.7 Å². The molecule has 0 radical (unpaired) electrons. The van der Waals surface area contributed by atoms with Gasteiger partial charge in [0.15, 0.2) is 0 Å². The van der Waals surface area contributed by atoms with Crippen LogP contribution in [0.15, 0.2) is 22.7 Å². The van der Waals surface area contributed by atoms with Crippen molar-refractivity contribution in [2.24, 2.45) is 0 Å². The van der Waals surface area contributed by atoms with Crippen LogP contribution in [0.25, 0.3) is 0 Å². The Hall–Kier alpha value is -0.580. The maximum Gasteiger partial charge on any atom is 0.0606 e. The van der Waals surface area contributed by atoms with E-state index in [1.807, 2.05) is 0 Å². The number of hydrogen-bond acceptors (Lipinski definition) is 3. The molecule has 0 heterocycles. The topological polar surface area (TPSA) is 35.5 Å². The molecule has 1 rings (SSSR count). The normalized spacial score (nSPS) is 12.0. The Labute approximate surface area is 131 Å². The Kier molecular flexibility index (Phi) is 6.49. The fourth-order valence-electron chi connectivity index (χ4n) is 2.01. The number of aliphatic hydroxyl groups excluding tert-OH is 1. The van der Waals surface area contributed by atoms with Crippen molar-refractivity contribution in [2.75, 3.05) is 18.1 Å². The fraction of sp³-hybridized carbons (Fsp3) is 0.625. The van der Waals surface area contributed by atoms with Gasteiger partial charge in [0.2, 0.25) is 0 Å². The van der Waals surface area contributed by atoms with Crippen LogP contribution in [0.4, 0.5) is 5.69 Å². The van der Waals surface area contributed by atoms with Gasteiger partial charge in [0.25, 0.3) is 0 Å². The minimum absolute atomic E-state index is 0.110. The molecule has 0 saturated carbocycles. The van der Waals surface area contributed by atoms with Crippen molar-refractivity contribution >= 4 is 21.6 Å². The molecule has 0 bridgehead atoms. The van der Waals surface area contributed by atoms with Crippen molar-refractivity contribution in [3.8, 4) is 0 Å². The molecule has 2 N–H and O–H groups in total. The molecule has 3 nitrogen and oxygen atoms in total. The number of hydrogen-bond donors (Lipinski definition) is 2. The Balaban J connectivity index is 2.86. The minimum atomic E-state index is 0.110. The van der Waals surface area contributed by atoms with Crippen LogP contribution in [0, 0.1) is 0 Å². The lowest BCUT2D eigenvalue weighted by atomic mass is 10.1. The van der Waals surface area contributed by atoms with Crippen LogP contribution in [0.5, 0.6) is 0 Å². The van der Waals surface area contributed by atoms with Gasteiger partial charge in [0.05, 0.1) is 6.61 Å². The van der Waals surface area contributed by atoms with Gasteiger partial charge in [0.1, 0.15) is 0 Å². The van der Waals surface area contributed by atoms with Crippen LogP contribution in [-0.4, -0.2) is 29.8 Å². The Morgan fingerprint density at radius 3 is 2.40 bits per heavy atom. The number of benzene rings is 1. The van der Waals surface area contributed by atoms with Crippen LogP contribution < -0.4 is 10.2 Å². The maximum atomic E-state index is 9.18. The third-order valence-corrected chi connectivity index (χ3v) is 3.88. The molecule has 0 spiro atoms. The van der Waals surface area contributed by atoms with Gasteiger partial charge in [0, 0.05) is 34.8 Å². The van der Waals surface area contributed by atoms with Gasteiger partial charge in [-0.05, 0) is 52.3 Å². The van der Waals surface area contributed by atoms with E-state index in [1.165, 1.54) is 5.56 Å². The van der Waals surface area contributed by atoms with E-state index in [9.17, 15) is 5.11 Å². The number of nitrogens with zero attached hydrogens (tertiary/aromatic N) is 1. The molecule has 0 aromatic heterocycles. The molecule has 0 aliphatic carbocycles. The Morgan fingerprint density at radius 1 is 1.30 bits per heavy atom. The number of anilines is 1. The van der Waals surface area contributed by atoms with Gasteiger partial charge in [-0.2, -0.15) is 0 Å². The number of aliphatic hydroxyl groups is 1. The zero-order chi connectivity index (χ0) is 15.3. The highest BCUT2D eigenvalue weighted by atomic mass is 79.9. The van der Waals surface area contributed by atoms with Crippen molar-refractivity contribution in [1.29, 1.82) is 0 Å². The second-order valence-electron chi connectivity index (χ2n) is 6.39. The Morgan fingerprint density at radius 2 is 1.95 bits per heavy atom. The van der Waals surface area contributed by atoms with E-state index in [0.717, 1.165) is 16.7 Å². The lowest BCUT2D eigenvalue weighted by Crippen LogP contribution is -2.35. The minimum Gasteiger partial charge on any atom is -0.395 e. The molecule has 1 aromatic carbocycles. The molecule has 4 heteroatoms. The summed E-state index contributed by atoms with van der Waals surface area (Å²) in [7, 11) is 0. The second kappa shape index (κ2) is 7.43. The molecule has 0 aliphatic heterocycles. The molecule has 0 amide bonds. The molecule has 0 fully saturated rings. The third-order valence-electron chi connectivity index (χ3n) is 3.14. The van der Waals surface area contributed by atoms with Crippen molar-refractivity contribution in [3.05, 3.63) is 28.2 Å². The zero-order valence-corrected chi connectivity index (χ0v) is 14.8. The molecule has 0 unspecified atom stereocenters. The molecular weight excluding hydrogens is 316 g/mol. The van der Waals surface area contributed by atoms with Gasteiger partial charge in [-0.3, -0.25) is 0 Å². The lowest BCUT2D eigenvalue weighted by Gasteiger charge is -2.29. The van der Waals surface area contributed by atoms with Gasteiger partial charge < -0.3 is 15.3 Å². The van der Waals surface area contributed by atoms with E-state index >= 15 is 0 Å². The summed E-state index contributed by atoms with van der Waals surface area (Å²) in [5.41, 5.74) is 2.50. The van der Waals surface area contributed by atoms with Crippen LogP contribution in [0.2, 0.25) is 0 Å². The third kappa shape index (κ3) is 5.43. The van der Waals surface area contributed by atoms with E-state index in [1.54, 1.807) is 0 Å². The second-order valence-corrected chi connectivity index (χ2v) is 7.24. The van der Waals surface area contributed by atoms with E-state index < -0.39 is 0 Å². The predicted octanol–water partition coefficient (Wildman–Crippen LogP) is 3.54. The highest BCUT2D eigenvalue weighted by molar-refractivity contribution is 9.10. The lowest BCUT2D eigenvalue weighted by molar-refractivity contribution is 0.299. The first-order valence-electron chi connectivity index (χ1n) is 7.15. The van der Waals surface area contributed by atoms with E-state index in [0.29, 0.717) is 12.6 Å². The van der Waals surface area contributed by atoms with Crippen LogP contribution >= 0.6 is 15.9 Å². The van der Waals surface area contributed by atoms with Crippen LogP contribution in [-0.2, 0) is 6.54 Å². The average Bonchev–Trinajstić information content (AvgIpc) is 2.33. The van der Waals surface area contributed by atoms with E-state index in [4.69, 9.17) is 0 Å². The predicted molar refractivity (Wildman–Crippen MR) is 90.3 cm³/mol. The number of halogens is 1. The van der Waals surface area contributed by atoms with E-state index in [-0.39, 0.29) is 12.1 Å². The van der Waals surface area contributed by atoms with Crippen molar-refractivity contribution in [1.82, 2.24) is 5.32 Å². The summed E-state index contributed by atoms with van der Waals surface area (Å²) >= 11 is 3.65. The van der Waals surface area contributed by atoms with Gasteiger partial charge >= 0.3 is 0 Å². The molecule has 1 aromatic rings. The quantitative estimate of drug-likeness (QED) is 0.829. The van der Waals surface area contributed by atoms with Gasteiger partial charge in [-0.25, -0.2) is 0 Å². The molecule has 20 heavy (non-hydrogen) atoms. The average molecular weight is 343 g/mol. The summed E-state index contributed by atoms with van der Waals surface area (Å²) in [5.74, 6) is 0. The molecule has 114 valence electrons. The van der Waals surface area contributed by atoms with Gasteiger partial charge in [-0.1, -0.05) is 22.0 Å². The zero-order valence-electron chi connectivity index (χ0n) is 13.2. The highest BCUT2D eigenvalue weighted by Gasteiger charge is 2.13. The summed E-state index contributed by atoms with van der Waals surface area (Å²) in [6.07, 6.45) is 0. The maximum absolute atomic E-state index is 9.18. The SMILES string of the molecule is CC(C)N(CCO)c1ccc(CNC(C)(C)C)c(Br)c1. The highest BCUT2D eigenvalue weighted by Crippen LogP contribution is 2.25. The summed E-state index contributed by atoms with van der Waals surface area (Å²) in [4.78, 5) is 2.20. The number of rotatable bonds is 6. The largest absolute Gasteiger partial charge is 0.395 e. The summed E-state index contributed by atoms with van der Waals surface area (Å²) in [5, 5.41) is 12.7. The van der Waals surface area contributed by atoms with Crippen molar-refractivity contribution < 1.29 is 5.11 Å². The Bertz CT molecular complexity index is 427. The first-order valence-corrected chi connectivity index (χ1v) is 7.95. The molecule has 0 atom stereocenters. The van der Waals surface area contributed by atoms with Crippen LogP contribution in [0.3, 0.4) is 0 Å². The first kappa shape index (κ1) is 17.5. The molecule has 0 saturated heterocycles. The van der Waals surface area contributed by atoms with Gasteiger partial charge in [-0.15, -0.1) is 0 Å². The summed E-state index contributed by atoms with van der Waals surface area (Å²) in [6.45, 7) is 12.4. The number of nitrogens with one attached hydrogen (secondary N) is 1.